The molecule has 0 aliphatic carbocycles. The number of carbonyl (C=O) groups is 1. The van der Waals surface area contributed by atoms with E-state index in [9.17, 15) is 4.79 Å². The predicted octanol–water partition coefficient (Wildman–Crippen LogP) is 6.14. The van der Waals surface area contributed by atoms with Gasteiger partial charge in [-0.15, -0.1) is 11.3 Å². The zero-order valence-corrected chi connectivity index (χ0v) is 19.2. The molecule has 0 radical (unpaired) electrons. The molecular formula is C20H18Br2N2O3S. The lowest BCUT2D eigenvalue weighted by Crippen LogP contribution is -2.20. The third-order valence-corrected chi connectivity index (χ3v) is 5.40. The summed E-state index contributed by atoms with van der Waals surface area (Å²) in [6.45, 7) is 3.88. The van der Waals surface area contributed by atoms with Gasteiger partial charge in [0.25, 0.3) is 5.91 Å². The van der Waals surface area contributed by atoms with Gasteiger partial charge < -0.3 is 9.47 Å². The van der Waals surface area contributed by atoms with E-state index in [1.165, 1.54) is 11.3 Å². The SMILES string of the molecule is CC(C)Oc1ccc(-c2csc(NC(=O)COc3ccc(Br)cc3Br)n2)cc1. The first-order valence-corrected chi connectivity index (χ1v) is 11.0. The van der Waals surface area contributed by atoms with Crippen LogP contribution in [0.1, 0.15) is 13.8 Å². The van der Waals surface area contributed by atoms with Gasteiger partial charge in [0, 0.05) is 15.4 Å². The van der Waals surface area contributed by atoms with E-state index in [1.54, 1.807) is 6.07 Å². The molecule has 0 fully saturated rings. The van der Waals surface area contributed by atoms with Crippen LogP contribution in [0.25, 0.3) is 11.3 Å². The van der Waals surface area contributed by atoms with Crippen molar-refractivity contribution in [2.24, 2.45) is 0 Å². The number of hydrogen-bond donors (Lipinski definition) is 1. The maximum atomic E-state index is 12.1. The Bertz CT molecular complexity index is 958. The quantitative estimate of drug-likeness (QED) is 0.402. The summed E-state index contributed by atoms with van der Waals surface area (Å²) < 4.78 is 12.9. The highest BCUT2D eigenvalue weighted by Gasteiger charge is 2.10. The van der Waals surface area contributed by atoms with Crippen molar-refractivity contribution in [2.75, 3.05) is 11.9 Å². The summed E-state index contributed by atoms with van der Waals surface area (Å²) in [7, 11) is 0. The van der Waals surface area contributed by atoms with Gasteiger partial charge in [0.15, 0.2) is 11.7 Å². The van der Waals surface area contributed by atoms with E-state index < -0.39 is 0 Å². The minimum absolute atomic E-state index is 0.101. The second-order valence-corrected chi connectivity index (χ2v) is 8.77. The number of benzene rings is 2. The molecule has 0 unspecified atom stereocenters. The van der Waals surface area contributed by atoms with Gasteiger partial charge in [0.2, 0.25) is 0 Å². The van der Waals surface area contributed by atoms with Gasteiger partial charge in [0.1, 0.15) is 11.5 Å². The minimum atomic E-state index is -0.267. The van der Waals surface area contributed by atoms with Gasteiger partial charge in [0.05, 0.1) is 16.3 Å². The van der Waals surface area contributed by atoms with Gasteiger partial charge >= 0.3 is 0 Å². The Kier molecular flexibility index (Phi) is 7.09. The molecule has 1 N–H and O–H groups in total. The number of hydrogen-bond acceptors (Lipinski definition) is 5. The molecule has 1 aromatic heterocycles. The Labute approximate surface area is 184 Å². The van der Waals surface area contributed by atoms with Crippen molar-refractivity contribution < 1.29 is 14.3 Å². The maximum absolute atomic E-state index is 12.1. The van der Waals surface area contributed by atoms with Crippen molar-refractivity contribution in [2.45, 2.75) is 20.0 Å². The molecule has 5 nitrogen and oxygen atoms in total. The molecule has 3 rings (SSSR count). The van der Waals surface area contributed by atoms with Gasteiger partial charge in [-0.25, -0.2) is 4.98 Å². The summed E-state index contributed by atoms with van der Waals surface area (Å²) >= 11 is 8.15. The number of nitrogens with zero attached hydrogens (tertiary/aromatic N) is 1. The van der Waals surface area contributed by atoms with Gasteiger partial charge in [-0.05, 0) is 72.2 Å². The Morgan fingerprint density at radius 3 is 2.61 bits per heavy atom. The summed E-state index contributed by atoms with van der Waals surface area (Å²) in [6, 6.07) is 13.2. The number of nitrogens with one attached hydrogen (secondary N) is 1. The molecule has 0 atom stereocenters. The molecule has 0 saturated heterocycles. The van der Waals surface area contributed by atoms with Crippen LogP contribution in [0.3, 0.4) is 0 Å². The van der Waals surface area contributed by atoms with Crippen LogP contribution in [0.15, 0.2) is 56.8 Å². The third kappa shape index (κ3) is 5.80. The number of thiazole rings is 1. The highest BCUT2D eigenvalue weighted by Crippen LogP contribution is 2.29. The lowest BCUT2D eigenvalue weighted by atomic mass is 10.2. The van der Waals surface area contributed by atoms with E-state index in [1.807, 2.05) is 55.6 Å². The number of aromatic nitrogens is 1. The molecule has 0 saturated carbocycles. The van der Waals surface area contributed by atoms with E-state index in [2.05, 4.69) is 42.2 Å². The average Bonchev–Trinajstić information content (AvgIpc) is 3.09. The first-order valence-electron chi connectivity index (χ1n) is 8.51. The Balaban J connectivity index is 1.57. The fraction of sp³-hybridized carbons (Fsp3) is 0.200. The molecular weight excluding hydrogens is 508 g/mol. The lowest BCUT2D eigenvalue weighted by Gasteiger charge is -2.09. The van der Waals surface area contributed by atoms with Gasteiger partial charge in [-0.3, -0.25) is 10.1 Å². The molecule has 3 aromatic rings. The number of anilines is 1. The first-order chi connectivity index (χ1) is 13.4. The van der Waals surface area contributed by atoms with Crippen molar-refractivity contribution in [1.29, 1.82) is 0 Å². The van der Waals surface area contributed by atoms with Crippen LogP contribution >= 0.6 is 43.2 Å². The second kappa shape index (κ2) is 9.54. The summed E-state index contributed by atoms with van der Waals surface area (Å²) in [4.78, 5) is 16.6. The fourth-order valence-corrected chi connectivity index (χ4v) is 4.23. The summed E-state index contributed by atoms with van der Waals surface area (Å²) in [6.07, 6.45) is 0.132. The zero-order chi connectivity index (χ0) is 20.1. The molecule has 0 spiro atoms. The van der Waals surface area contributed by atoms with E-state index in [0.717, 1.165) is 26.0 Å². The molecule has 1 amide bonds. The molecule has 2 aromatic carbocycles. The Morgan fingerprint density at radius 1 is 1.18 bits per heavy atom. The normalized spacial score (nSPS) is 10.8. The monoisotopic (exact) mass is 524 g/mol. The van der Waals surface area contributed by atoms with Crippen molar-refractivity contribution in [1.82, 2.24) is 4.98 Å². The summed E-state index contributed by atoms with van der Waals surface area (Å²) in [5.41, 5.74) is 1.76. The van der Waals surface area contributed by atoms with Crippen LogP contribution in [0.4, 0.5) is 5.13 Å². The van der Waals surface area contributed by atoms with E-state index in [4.69, 9.17) is 9.47 Å². The number of ether oxygens (including phenoxy) is 2. The van der Waals surface area contributed by atoms with Crippen molar-refractivity contribution >= 4 is 54.2 Å². The topological polar surface area (TPSA) is 60.5 Å². The van der Waals surface area contributed by atoms with E-state index in [0.29, 0.717) is 10.9 Å². The second-order valence-electron chi connectivity index (χ2n) is 6.14. The van der Waals surface area contributed by atoms with E-state index >= 15 is 0 Å². The van der Waals surface area contributed by atoms with Gasteiger partial charge in [-0.2, -0.15) is 0 Å². The molecule has 0 bridgehead atoms. The average molecular weight is 526 g/mol. The Morgan fingerprint density at radius 2 is 1.93 bits per heavy atom. The third-order valence-electron chi connectivity index (χ3n) is 3.53. The number of amides is 1. The van der Waals surface area contributed by atoms with Crippen molar-refractivity contribution in [3.63, 3.8) is 0 Å². The largest absolute Gasteiger partial charge is 0.491 e. The summed E-state index contributed by atoms with van der Waals surface area (Å²) in [5, 5.41) is 5.20. The highest BCUT2D eigenvalue weighted by molar-refractivity contribution is 9.11. The van der Waals surface area contributed by atoms with Crippen LogP contribution in [0, 0.1) is 0 Å². The molecule has 8 heteroatoms. The van der Waals surface area contributed by atoms with Crippen LogP contribution in [-0.2, 0) is 4.79 Å². The molecule has 0 aliphatic rings. The number of rotatable bonds is 7. The first kappa shape index (κ1) is 20.8. The minimum Gasteiger partial charge on any atom is -0.491 e. The van der Waals surface area contributed by atoms with Crippen LogP contribution < -0.4 is 14.8 Å². The fourth-order valence-electron chi connectivity index (χ4n) is 2.33. The molecule has 1 heterocycles. The van der Waals surface area contributed by atoms with Crippen LogP contribution in [0.2, 0.25) is 0 Å². The molecule has 28 heavy (non-hydrogen) atoms. The van der Waals surface area contributed by atoms with E-state index in [-0.39, 0.29) is 18.6 Å². The standard InChI is InChI=1S/C20H18Br2N2O3S/c1-12(2)27-15-6-3-13(4-7-15)17-11-28-20(23-17)24-19(25)10-26-18-8-5-14(21)9-16(18)22/h3-9,11-12H,10H2,1-2H3,(H,23,24,25). The number of carbonyl (C=O) groups excluding carboxylic acids is 1. The molecule has 146 valence electrons. The Hall–Kier alpha value is -1.90. The lowest BCUT2D eigenvalue weighted by molar-refractivity contribution is -0.118. The summed E-state index contributed by atoms with van der Waals surface area (Å²) in [5.74, 6) is 1.15. The predicted molar refractivity (Wildman–Crippen MR) is 119 cm³/mol. The van der Waals surface area contributed by atoms with Crippen molar-refractivity contribution in [3.8, 4) is 22.8 Å². The van der Waals surface area contributed by atoms with Crippen LogP contribution in [-0.4, -0.2) is 23.6 Å². The van der Waals surface area contributed by atoms with Crippen LogP contribution in [0.5, 0.6) is 11.5 Å². The molecule has 0 aliphatic heterocycles. The zero-order valence-electron chi connectivity index (χ0n) is 15.2. The highest BCUT2D eigenvalue weighted by atomic mass is 79.9. The number of halogens is 2. The van der Waals surface area contributed by atoms with Gasteiger partial charge in [-0.1, -0.05) is 15.9 Å². The smallest absolute Gasteiger partial charge is 0.264 e. The van der Waals surface area contributed by atoms with Crippen molar-refractivity contribution in [3.05, 3.63) is 56.8 Å². The maximum Gasteiger partial charge on any atom is 0.264 e.